The number of aromatic amines is 1. The monoisotopic (exact) mass is 560 g/mol. The molecule has 2 aromatic heterocycles. The maximum atomic E-state index is 13.7. The molecule has 0 atom stereocenters. The smallest absolute Gasteiger partial charge is 0.277 e. The van der Waals surface area contributed by atoms with E-state index in [1.807, 2.05) is 13.8 Å². The number of H-pyrrole nitrogens is 1. The minimum atomic E-state index is -3.82. The summed E-state index contributed by atoms with van der Waals surface area (Å²) in [6.45, 7) is 11.2. The molecule has 0 amide bonds. The van der Waals surface area contributed by atoms with E-state index in [1.165, 1.54) is 14.9 Å². The van der Waals surface area contributed by atoms with Crippen LogP contribution < -0.4 is 10.3 Å². The quantitative estimate of drug-likeness (QED) is 0.450. The van der Waals surface area contributed by atoms with E-state index in [9.17, 15) is 13.2 Å². The number of fused-ring (bicyclic) bond motifs is 1. The molecule has 0 bridgehead atoms. The number of sulfonamides is 1. The van der Waals surface area contributed by atoms with Gasteiger partial charge < -0.3 is 14.6 Å². The fourth-order valence-electron chi connectivity index (χ4n) is 4.34. The highest BCUT2D eigenvalue weighted by Gasteiger charge is 2.31. The van der Waals surface area contributed by atoms with Crippen molar-refractivity contribution in [3.8, 4) is 17.1 Å². The van der Waals surface area contributed by atoms with Crippen molar-refractivity contribution in [1.29, 1.82) is 0 Å². The van der Waals surface area contributed by atoms with Crippen LogP contribution in [0.1, 0.15) is 38.7 Å². The minimum Gasteiger partial charge on any atom is -0.494 e. The number of aryl methyl sites for hydroxylation is 2. The van der Waals surface area contributed by atoms with E-state index in [4.69, 9.17) is 4.74 Å². The van der Waals surface area contributed by atoms with Gasteiger partial charge in [-0.25, -0.2) is 17.9 Å². The van der Waals surface area contributed by atoms with Crippen LogP contribution in [0.4, 0.5) is 0 Å². The molecule has 1 aromatic carbocycles. The number of halogens is 2. The molecule has 1 aliphatic rings. The molecule has 0 aliphatic carbocycles. The van der Waals surface area contributed by atoms with Crippen LogP contribution in [0.15, 0.2) is 27.9 Å². The number of nitrogens with zero attached hydrogens (tertiary/aromatic N) is 5. The molecular formula is C23H34Cl2N6O4S. The van der Waals surface area contributed by atoms with Gasteiger partial charge in [0, 0.05) is 38.2 Å². The predicted molar refractivity (Wildman–Crippen MR) is 144 cm³/mol. The fourth-order valence-corrected chi connectivity index (χ4v) is 5.94. The Kier molecular flexibility index (Phi) is 10.3. The summed E-state index contributed by atoms with van der Waals surface area (Å²) in [7, 11) is -3.82. The Morgan fingerprint density at radius 1 is 1.08 bits per heavy atom. The first kappa shape index (κ1) is 30.0. The topological polar surface area (TPSA) is 113 Å². The second-order valence-corrected chi connectivity index (χ2v) is 10.3. The first-order valence-electron chi connectivity index (χ1n) is 11.8. The highest BCUT2D eigenvalue weighted by molar-refractivity contribution is 7.89. The Morgan fingerprint density at radius 3 is 2.39 bits per heavy atom. The third-order valence-corrected chi connectivity index (χ3v) is 8.09. The Morgan fingerprint density at radius 2 is 1.78 bits per heavy atom. The van der Waals surface area contributed by atoms with Crippen molar-refractivity contribution in [2.75, 3.05) is 39.3 Å². The van der Waals surface area contributed by atoms with Gasteiger partial charge in [0.25, 0.3) is 5.56 Å². The van der Waals surface area contributed by atoms with Crippen molar-refractivity contribution < 1.29 is 13.2 Å². The van der Waals surface area contributed by atoms with Gasteiger partial charge in [0.05, 0.1) is 17.2 Å². The third kappa shape index (κ3) is 5.70. The van der Waals surface area contributed by atoms with E-state index in [1.54, 1.807) is 19.1 Å². The first-order valence-corrected chi connectivity index (χ1v) is 13.2. The van der Waals surface area contributed by atoms with E-state index in [2.05, 4.69) is 26.9 Å². The summed E-state index contributed by atoms with van der Waals surface area (Å²) in [6, 6.07) is 4.81. The van der Waals surface area contributed by atoms with Gasteiger partial charge >= 0.3 is 0 Å². The summed E-state index contributed by atoms with van der Waals surface area (Å²) in [4.78, 5) is 22.6. The first-order chi connectivity index (χ1) is 16.3. The highest BCUT2D eigenvalue weighted by Crippen LogP contribution is 2.31. The summed E-state index contributed by atoms with van der Waals surface area (Å²) in [5.74, 6) is 1.34. The lowest BCUT2D eigenvalue weighted by Crippen LogP contribution is -2.48. The zero-order valence-electron chi connectivity index (χ0n) is 21.0. The number of likely N-dealkylation sites (N-methyl/N-ethyl adjacent to an activating group) is 1. The molecule has 200 valence electrons. The fraction of sp³-hybridized carbons (Fsp3) is 0.522. The van der Waals surface area contributed by atoms with Crippen LogP contribution in [0.3, 0.4) is 0 Å². The number of hydrogen-bond acceptors (Lipinski definition) is 7. The van der Waals surface area contributed by atoms with Crippen LogP contribution in [0, 0.1) is 6.92 Å². The van der Waals surface area contributed by atoms with Crippen LogP contribution >= 0.6 is 24.8 Å². The Bertz CT molecular complexity index is 1350. The van der Waals surface area contributed by atoms with Crippen LogP contribution in [-0.2, 0) is 16.4 Å². The van der Waals surface area contributed by atoms with E-state index >= 15 is 0 Å². The summed E-state index contributed by atoms with van der Waals surface area (Å²) in [5, 5.41) is 4.64. The molecule has 13 heteroatoms. The lowest BCUT2D eigenvalue weighted by molar-refractivity contribution is 0.196. The molecule has 4 rings (SSSR count). The molecule has 0 radical (unpaired) electrons. The lowest BCUT2D eigenvalue weighted by Gasteiger charge is -2.33. The van der Waals surface area contributed by atoms with Crippen LogP contribution in [-0.4, -0.2) is 76.5 Å². The van der Waals surface area contributed by atoms with Gasteiger partial charge in [0.1, 0.15) is 11.6 Å². The molecule has 0 saturated carbocycles. The lowest BCUT2D eigenvalue weighted by atomic mass is 10.2. The standard InChI is InChI=1S/C23H32N6O4S.2ClH/c1-5-8-20-24-16(4)21-23(30)25-22(26-29(20)21)18-15-17(33-7-3)9-10-19(18)34(31,32)28-13-11-27(6-2)12-14-28;;/h9-10,15H,5-8,11-14H2,1-4H3,(H,25,26,30);2*1H. The summed E-state index contributed by atoms with van der Waals surface area (Å²) in [6.07, 6.45) is 1.49. The number of ether oxygens (including phenoxy) is 1. The molecule has 1 fully saturated rings. The van der Waals surface area contributed by atoms with Gasteiger partial charge in [-0.05, 0) is 45.0 Å². The van der Waals surface area contributed by atoms with Gasteiger partial charge in [-0.3, -0.25) is 4.79 Å². The van der Waals surface area contributed by atoms with Crippen LogP contribution in [0.2, 0.25) is 0 Å². The van der Waals surface area contributed by atoms with Crippen molar-refractivity contribution in [2.24, 2.45) is 0 Å². The van der Waals surface area contributed by atoms with Crippen LogP contribution in [0.5, 0.6) is 5.75 Å². The molecule has 36 heavy (non-hydrogen) atoms. The molecule has 0 unspecified atom stereocenters. The second-order valence-electron chi connectivity index (χ2n) is 8.36. The predicted octanol–water partition coefficient (Wildman–Crippen LogP) is 2.91. The van der Waals surface area contributed by atoms with Crippen molar-refractivity contribution >= 4 is 40.4 Å². The Labute approximate surface area is 223 Å². The highest BCUT2D eigenvalue weighted by atomic mass is 35.5. The average molecular weight is 562 g/mol. The molecule has 1 saturated heterocycles. The number of imidazole rings is 1. The number of piperazine rings is 1. The number of aromatic nitrogens is 4. The van der Waals surface area contributed by atoms with Crippen LogP contribution in [0.25, 0.3) is 16.9 Å². The molecule has 0 spiro atoms. The van der Waals surface area contributed by atoms with Crippen molar-refractivity contribution in [2.45, 2.75) is 45.4 Å². The van der Waals surface area contributed by atoms with Gasteiger partial charge in [-0.1, -0.05) is 13.8 Å². The SMILES string of the molecule is CCCc1nc(C)c2c(=O)[nH]c(-c3cc(OCC)ccc3S(=O)(=O)N3CCN(CC)CC3)nn12.Cl.Cl. The molecule has 10 nitrogen and oxygen atoms in total. The second kappa shape index (κ2) is 12.4. The number of rotatable bonds is 8. The van der Waals surface area contributed by atoms with Crippen molar-refractivity contribution in [3.05, 3.63) is 40.1 Å². The molecule has 1 N–H and O–H groups in total. The van der Waals surface area contributed by atoms with E-state index in [-0.39, 0.29) is 41.1 Å². The van der Waals surface area contributed by atoms with E-state index in [0.29, 0.717) is 67.6 Å². The van der Waals surface area contributed by atoms with Gasteiger partial charge in [-0.2, -0.15) is 4.31 Å². The maximum Gasteiger partial charge on any atom is 0.277 e. The molecule has 3 heterocycles. The number of benzene rings is 1. The normalized spacial score (nSPS) is 14.9. The van der Waals surface area contributed by atoms with Gasteiger partial charge in [0.15, 0.2) is 11.3 Å². The summed E-state index contributed by atoms with van der Waals surface area (Å²) >= 11 is 0. The van der Waals surface area contributed by atoms with E-state index < -0.39 is 10.0 Å². The van der Waals surface area contributed by atoms with Gasteiger partial charge in [0.2, 0.25) is 10.0 Å². The summed E-state index contributed by atoms with van der Waals surface area (Å²) in [5.41, 5.74) is 0.900. The summed E-state index contributed by atoms with van der Waals surface area (Å²) < 4.78 is 36.1. The third-order valence-electron chi connectivity index (χ3n) is 6.13. The van der Waals surface area contributed by atoms with Gasteiger partial charge in [-0.15, -0.1) is 29.9 Å². The average Bonchev–Trinajstić information content (AvgIpc) is 3.15. The van der Waals surface area contributed by atoms with Crippen molar-refractivity contribution in [3.63, 3.8) is 0 Å². The van der Waals surface area contributed by atoms with E-state index in [0.717, 1.165) is 13.0 Å². The Hall–Kier alpha value is -2.18. The largest absolute Gasteiger partial charge is 0.494 e. The zero-order valence-corrected chi connectivity index (χ0v) is 23.4. The van der Waals surface area contributed by atoms with Crippen molar-refractivity contribution in [1.82, 2.24) is 28.8 Å². The maximum absolute atomic E-state index is 13.7. The Balaban J connectivity index is 0.00000228. The number of nitrogens with one attached hydrogen (secondary N) is 1. The molecule has 1 aliphatic heterocycles. The number of hydrogen-bond donors (Lipinski definition) is 1. The molecule has 3 aromatic rings. The molecular weight excluding hydrogens is 527 g/mol. The zero-order chi connectivity index (χ0) is 24.5. The minimum absolute atomic E-state index is 0.